The van der Waals surface area contributed by atoms with Crippen LogP contribution in [0.2, 0.25) is 0 Å². The topological polar surface area (TPSA) is 114 Å². The number of carbonyl (C=O) groups excluding carboxylic acids is 2. The molecule has 132 valence electrons. The lowest BCUT2D eigenvalue weighted by molar-refractivity contribution is -0.124. The zero-order valence-electron chi connectivity index (χ0n) is 13.6. The van der Waals surface area contributed by atoms with Gasteiger partial charge in [0.15, 0.2) is 5.82 Å². The molecule has 25 heavy (non-hydrogen) atoms. The van der Waals surface area contributed by atoms with Crippen LogP contribution >= 0.6 is 0 Å². The maximum absolute atomic E-state index is 14.1. The van der Waals surface area contributed by atoms with Gasteiger partial charge in [0.2, 0.25) is 5.91 Å². The lowest BCUT2D eigenvalue weighted by Gasteiger charge is -2.20. The van der Waals surface area contributed by atoms with Gasteiger partial charge >= 0.3 is 6.03 Å². The number of nitrogens with zero attached hydrogens (tertiary/aromatic N) is 4. The first-order chi connectivity index (χ1) is 12.1. The predicted molar refractivity (Wildman–Crippen MR) is 86.5 cm³/mol. The fourth-order valence-electron chi connectivity index (χ4n) is 3.01. The third-order valence-electron chi connectivity index (χ3n) is 4.22. The van der Waals surface area contributed by atoms with Crippen LogP contribution in [0.15, 0.2) is 24.5 Å². The summed E-state index contributed by atoms with van der Waals surface area (Å²) < 4.78 is 15.3. The Balaban J connectivity index is 1.63. The van der Waals surface area contributed by atoms with Crippen molar-refractivity contribution in [2.24, 2.45) is 5.92 Å². The summed E-state index contributed by atoms with van der Waals surface area (Å²) in [6.07, 6.45) is 3.62. The number of hydrogen-bond acceptors (Lipinski definition) is 5. The Morgan fingerprint density at radius 1 is 1.32 bits per heavy atom. The number of nitrogens with one attached hydrogen (secondary N) is 3. The maximum atomic E-state index is 14.1. The highest BCUT2D eigenvalue weighted by Gasteiger charge is 2.33. The highest BCUT2D eigenvalue weighted by Crippen LogP contribution is 2.26. The molecule has 0 aliphatic heterocycles. The molecule has 3 rings (SSSR count). The summed E-state index contributed by atoms with van der Waals surface area (Å²) in [5, 5.41) is 18.5. The van der Waals surface area contributed by atoms with Crippen molar-refractivity contribution in [2.45, 2.75) is 25.3 Å². The fourth-order valence-corrected chi connectivity index (χ4v) is 3.01. The number of halogens is 1. The van der Waals surface area contributed by atoms with E-state index in [2.05, 4.69) is 31.5 Å². The SMILES string of the molecule is CNC(=O)C1CCCC1NC(=O)Nc1ccc(-n2cnnn2)c(F)c1. The normalized spacial score (nSPS) is 19.4. The molecule has 9 nitrogen and oxygen atoms in total. The zero-order chi connectivity index (χ0) is 17.8. The third-order valence-corrected chi connectivity index (χ3v) is 4.22. The van der Waals surface area contributed by atoms with Crippen LogP contribution in [0.25, 0.3) is 5.69 Å². The van der Waals surface area contributed by atoms with Crippen LogP contribution in [-0.4, -0.2) is 45.2 Å². The summed E-state index contributed by atoms with van der Waals surface area (Å²) in [5.74, 6) is -0.900. The number of tetrazole rings is 1. The highest BCUT2D eigenvalue weighted by atomic mass is 19.1. The van der Waals surface area contributed by atoms with E-state index in [-0.39, 0.29) is 23.6 Å². The smallest absolute Gasteiger partial charge is 0.319 e. The molecule has 1 aromatic heterocycles. The summed E-state index contributed by atoms with van der Waals surface area (Å²) in [6.45, 7) is 0. The number of carbonyl (C=O) groups is 2. The third kappa shape index (κ3) is 3.73. The molecule has 1 aromatic carbocycles. The summed E-state index contributed by atoms with van der Waals surface area (Å²) in [5.41, 5.74) is 0.466. The molecule has 1 aliphatic carbocycles. The zero-order valence-corrected chi connectivity index (χ0v) is 13.6. The fraction of sp³-hybridized carbons (Fsp3) is 0.400. The lowest BCUT2D eigenvalue weighted by atomic mass is 10.0. The van der Waals surface area contributed by atoms with E-state index in [1.54, 1.807) is 13.1 Å². The van der Waals surface area contributed by atoms with Crippen molar-refractivity contribution in [1.82, 2.24) is 30.8 Å². The van der Waals surface area contributed by atoms with Crippen molar-refractivity contribution >= 4 is 17.6 Å². The van der Waals surface area contributed by atoms with Crippen LogP contribution in [0, 0.1) is 11.7 Å². The van der Waals surface area contributed by atoms with Gasteiger partial charge in [0.25, 0.3) is 0 Å². The minimum Gasteiger partial charge on any atom is -0.359 e. The van der Waals surface area contributed by atoms with Crippen LogP contribution in [0.5, 0.6) is 0 Å². The van der Waals surface area contributed by atoms with Crippen molar-refractivity contribution in [3.05, 3.63) is 30.3 Å². The highest BCUT2D eigenvalue weighted by molar-refractivity contribution is 5.90. The Hall–Kier alpha value is -3.04. The second kappa shape index (κ2) is 7.24. The first-order valence-corrected chi connectivity index (χ1v) is 7.90. The summed E-state index contributed by atoms with van der Waals surface area (Å²) in [4.78, 5) is 23.9. The van der Waals surface area contributed by atoms with Gasteiger partial charge in [0.1, 0.15) is 12.0 Å². The second-order valence-electron chi connectivity index (χ2n) is 5.78. The van der Waals surface area contributed by atoms with Crippen LogP contribution in [0.4, 0.5) is 14.9 Å². The molecule has 0 radical (unpaired) electrons. The van der Waals surface area contributed by atoms with Crippen molar-refractivity contribution < 1.29 is 14.0 Å². The lowest BCUT2D eigenvalue weighted by Crippen LogP contribution is -2.44. The van der Waals surface area contributed by atoms with E-state index in [9.17, 15) is 14.0 Å². The van der Waals surface area contributed by atoms with E-state index < -0.39 is 11.8 Å². The van der Waals surface area contributed by atoms with Gasteiger partial charge in [-0.05, 0) is 41.5 Å². The average Bonchev–Trinajstić information content (AvgIpc) is 3.26. The Bertz CT molecular complexity index is 765. The molecule has 1 fully saturated rings. The largest absolute Gasteiger partial charge is 0.359 e. The molecule has 2 aromatic rings. The van der Waals surface area contributed by atoms with Gasteiger partial charge in [0.05, 0.1) is 5.92 Å². The first kappa shape index (κ1) is 16.8. The quantitative estimate of drug-likeness (QED) is 0.758. The molecule has 2 unspecified atom stereocenters. The molecule has 3 N–H and O–H groups in total. The minimum atomic E-state index is -0.575. The number of urea groups is 1. The molecular weight excluding hydrogens is 329 g/mol. The van der Waals surface area contributed by atoms with Crippen molar-refractivity contribution in [1.29, 1.82) is 0 Å². The van der Waals surface area contributed by atoms with Crippen molar-refractivity contribution in [3.63, 3.8) is 0 Å². The van der Waals surface area contributed by atoms with Crippen molar-refractivity contribution in [3.8, 4) is 5.69 Å². The van der Waals surface area contributed by atoms with E-state index >= 15 is 0 Å². The standard InChI is InChI=1S/C15H18FN7O2/c1-17-14(24)10-3-2-4-12(10)20-15(25)19-9-5-6-13(11(16)7-9)23-8-18-21-22-23/h5-8,10,12H,2-4H2,1H3,(H,17,24)(H2,19,20,25). The number of aromatic nitrogens is 4. The van der Waals surface area contributed by atoms with Gasteiger partial charge in [0, 0.05) is 18.8 Å². The number of hydrogen-bond donors (Lipinski definition) is 3. The predicted octanol–water partition coefficient (Wildman–Crippen LogP) is 0.838. The number of anilines is 1. The summed E-state index contributed by atoms with van der Waals surface area (Å²) >= 11 is 0. The Kier molecular flexibility index (Phi) is 4.87. The Morgan fingerprint density at radius 3 is 2.84 bits per heavy atom. The molecule has 1 saturated carbocycles. The number of amides is 3. The van der Waals surface area contributed by atoms with Gasteiger partial charge in [-0.1, -0.05) is 6.42 Å². The molecule has 2 atom stereocenters. The number of benzene rings is 1. The molecular formula is C15H18FN7O2. The van der Waals surface area contributed by atoms with E-state index in [1.165, 1.54) is 23.1 Å². The second-order valence-corrected chi connectivity index (χ2v) is 5.78. The summed E-state index contributed by atoms with van der Waals surface area (Å²) in [7, 11) is 1.58. The number of rotatable bonds is 4. The van der Waals surface area contributed by atoms with Gasteiger partial charge in [-0.3, -0.25) is 4.79 Å². The van der Waals surface area contributed by atoms with Crippen LogP contribution in [0.1, 0.15) is 19.3 Å². The van der Waals surface area contributed by atoms with Gasteiger partial charge in [-0.25, -0.2) is 9.18 Å². The molecule has 1 heterocycles. The first-order valence-electron chi connectivity index (χ1n) is 7.90. The summed E-state index contributed by atoms with van der Waals surface area (Å²) in [6, 6.07) is 3.48. The molecule has 0 spiro atoms. The monoisotopic (exact) mass is 347 g/mol. The van der Waals surface area contributed by atoms with E-state index in [0.717, 1.165) is 19.3 Å². The van der Waals surface area contributed by atoms with Crippen LogP contribution in [0.3, 0.4) is 0 Å². The van der Waals surface area contributed by atoms with E-state index in [1.807, 2.05) is 0 Å². The molecule has 10 heteroatoms. The van der Waals surface area contributed by atoms with Crippen LogP contribution in [-0.2, 0) is 4.79 Å². The van der Waals surface area contributed by atoms with Crippen molar-refractivity contribution in [2.75, 3.05) is 12.4 Å². The molecule has 0 saturated heterocycles. The van der Waals surface area contributed by atoms with E-state index in [4.69, 9.17) is 0 Å². The van der Waals surface area contributed by atoms with Crippen LogP contribution < -0.4 is 16.0 Å². The average molecular weight is 347 g/mol. The molecule has 3 amide bonds. The Morgan fingerprint density at radius 2 is 2.16 bits per heavy atom. The van der Waals surface area contributed by atoms with Gasteiger partial charge in [-0.2, -0.15) is 4.68 Å². The molecule has 1 aliphatic rings. The van der Waals surface area contributed by atoms with Gasteiger partial charge < -0.3 is 16.0 Å². The molecule has 0 bridgehead atoms. The Labute approximate surface area is 143 Å². The maximum Gasteiger partial charge on any atom is 0.319 e. The minimum absolute atomic E-state index is 0.0837. The van der Waals surface area contributed by atoms with Gasteiger partial charge in [-0.15, -0.1) is 5.10 Å². The van der Waals surface area contributed by atoms with E-state index in [0.29, 0.717) is 5.69 Å².